The van der Waals surface area contributed by atoms with Crippen LogP contribution >= 0.6 is 0 Å². The van der Waals surface area contributed by atoms with Gasteiger partial charge < -0.3 is 19.9 Å². The van der Waals surface area contributed by atoms with Gasteiger partial charge >= 0.3 is 0 Å². The van der Waals surface area contributed by atoms with E-state index in [1.807, 2.05) is 18.2 Å². The minimum atomic E-state index is -1.05. The molecule has 0 aromatic heterocycles. The van der Waals surface area contributed by atoms with Crippen molar-refractivity contribution in [2.45, 2.75) is 42.6 Å². The Morgan fingerprint density at radius 3 is 2.18 bits per heavy atom. The highest BCUT2D eigenvalue weighted by Crippen LogP contribution is 2.64. The van der Waals surface area contributed by atoms with Gasteiger partial charge in [0, 0.05) is 16.9 Å². The van der Waals surface area contributed by atoms with Crippen LogP contribution < -0.4 is 14.8 Å². The van der Waals surface area contributed by atoms with E-state index in [1.54, 1.807) is 14.2 Å². The summed E-state index contributed by atoms with van der Waals surface area (Å²) in [6.07, 6.45) is 3.52. The van der Waals surface area contributed by atoms with E-state index in [0.717, 1.165) is 49.4 Å². The van der Waals surface area contributed by atoms with Crippen molar-refractivity contribution in [2.24, 2.45) is 5.92 Å². The van der Waals surface area contributed by atoms with Gasteiger partial charge in [-0.05, 0) is 85.1 Å². The number of rotatable bonds is 6. The Morgan fingerprint density at radius 1 is 0.912 bits per heavy atom. The number of piperidine rings is 1. The molecule has 1 fully saturated rings. The van der Waals surface area contributed by atoms with Gasteiger partial charge in [0.15, 0.2) is 0 Å². The maximum atomic E-state index is 12.9. The molecular weight excluding hydrogens is 422 g/mol. The van der Waals surface area contributed by atoms with Gasteiger partial charge in [-0.2, -0.15) is 0 Å². The first-order valence-electron chi connectivity index (χ1n) is 12.4. The molecule has 3 aromatic carbocycles. The van der Waals surface area contributed by atoms with Crippen molar-refractivity contribution >= 4 is 0 Å². The van der Waals surface area contributed by atoms with Gasteiger partial charge in [-0.15, -0.1) is 0 Å². The minimum absolute atomic E-state index is 0.128. The third-order valence-electron chi connectivity index (χ3n) is 8.71. The summed E-state index contributed by atoms with van der Waals surface area (Å²) in [6.45, 7) is 1.84. The van der Waals surface area contributed by atoms with Gasteiger partial charge in [-0.1, -0.05) is 48.5 Å². The molecule has 2 aliphatic carbocycles. The van der Waals surface area contributed by atoms with Gasteiger partial charge in [0.25, 0.3) is 0 Å². The van der Waals surface area contributed by atoms with Crippen LogP contribution in [0.3, 0.4) is 0 Å². The zero-order valence-electron chi connectivity index (χ0n) is 20.0. The van der Waals surface area contributed by atoms with E-state index in [-0.39, 0.29) is 11.3 Å². The first-order valence-corrected chi connectivity index (χ1v) is 12.4. The van der Waals surface area contributed by atoms with Crippen molar-refractivity contribution in [3.63, 3.8) is 0 Å². The summed E-state index contributed by atoms with van der Waals surface area (Å²) in [5.74, 6) is 2.00. The molecule has 6 rings (SSSR count). The van der Waals surface area contributed by atoms with Gasteiger partial charge in [0.1, 0.15) is 11.5 Å². The summed E-state index contributed by atoms with van der Waals surface area (Å²) in [7, 11) is 3.37. The van der Waals surface area contributed by atoms with Crippen molar-refractivity contribution in [3.05, 3.63) is 94.5 Å². The summed E-state index contributed by atoms with van der Waals surface area (Å²) in [5.41, 5.74) is 5.19. The molecule has 1 saturated heterocycles. The van der Waals surface area contributed by atoms with Gasteiger partial charge in [0.05, 0.1) is 19.8 Å². The highest BCUT2D eigenvalue weighted by molar-refractivity contribution is 5.63. The Bertz CT molecular complexity index is 1170. The number of methoxy groups -OCH3 is 2. The highest BCUT2D eigenvalue weighted by atomic mass is 16.5. The molecule has 3 aromatic rings. The van der Waals surface area contributed by atoms with Crippen LogP contribution in [0.1, 0.15) is 59.4 Å². The Balaban J connectivity index is 1.56. The highest BCUT2D eigenvalue weighted by Gasteiger charge is 2.57. The fourth-order valence-electron chi connectivity index (χ4n) is 7.21. The van der Waals surface area contributed by atoms with E-state index >= 15 is 0 Å². The van der Waals surface area contributed by atoms with Crippen LogP contribution in [0.2, 0.25) is 0 Å². The van der Waals surface area contributed by atoms with Crippen molar-refractivity contribution in [2.75, 3.05) is 27.3 Å². The number of ether oxygens (including phenoxy) is 2. The SMILES string of the molecule is COc1ccc(OC)c(C(O)(CC23CC(c4ccccc42)c2ccccc23)C2CCNCC2)c1. The van der Waals surface area contributed by atoms with Crippen LogP contribution in [-0.4, -0.2) is 32.4 Å². The molecule has 4 heteroatoms. The second kappa shape index (κ2) is 8.14. The zero-order valence-corrected chi connectivity index (χ0v) is 20.0. The van der Waals surface area contributed by atoms with Gasteiger partial charge in [-0.3, -0.25) is 0 Å². The van der Waals surface area contributed by atoms with Crippen LogP contribution in [0.5, 0.6) is 11.5 Å². The average Bonchev–Trinajstić information content (AvgIpc) is 3.40. The molecule has 0 spiro atoms. The monoisotopic (exact) mass is 455 g/mol. The molecule has 1 aliphatic heterocycles. The van der Waals surface area contributed by atoms with Crippen molar-refractivity contribution in [1.29, 1.82) is 0 Å². The van der Waals surface area contributed by atoms with Crippen LogP contribution in [0.25, 0.3) is 0 Å². The van der Waals surface area contributed by atoms with Crippen LogP contribution in [0, 0.1) is 5.92 Å². The minimum Gasteiger partial charge on any atom is -0.497 e. The summed E-state index contributed by atoms with van der Waals surface area (Å²) in [5, 5.41) is 16.4. The van der Waals surface area contributed by atoms with E-state index in [0.29, 0.717) is 12.3 Å². The molecule has 2 bridgehead atoms. The lowest BCUT2D eigenvalue weighted by Gasteiger charge is -2.45. The quantitative estimate of drug-likeness (QED) is 0.542. The Morgan fingerprint density at radius 2 is 1.56 bits per heavy atom. The lowest BCUT2D eigenvalue weighted by molar-refractivity contribution is -0.0580. The first kappa shape index (κ1) is 21.7. The lowest BCUT2D eigenvalue weighted by Crippen LogP contribution is -2.46. The first-order chi connectivity index (χ1) is 16.6. The number of benzene rings is 3. The molecule has 4 nitrogen and oxygen atoms in total. The maximum absolute atomic E-state index is 12.9. The Kier molecular flexibility index (Phi) is 5.20. The molecule has 0 amide bonds. The van der Waals surface area contributed by atoms with Crippen molar-refractivity contribution in [3.8, 4) is 11.5 Å². The van der Waals surface area contributed by atoms with Crippen LogP contribution in [-0.2, 0) is 11.0 Å². The predicted octanol–water partition coefficient (Wildman–Crippen LogP) is 5.12. The van der Waals surface area contributed by atoms with E-state index in [9.17, 15) is 5.11 Å². The van der Waals surface area contributed by atoms with E-state index in [4.69, 9.17) is 9.47 Å². The number of hydrogen-bond acceptors (Lipinski definition) is 4. The molecule has 3 aliphatic rings. The van der Waals surface area contributed by atoms with Gasteiger partial charge in [-0.25, -0.2) is 0 Å². The molecule has 1 atom stereocenters. The third-order valence-corrected chi connectivity index (χ3v) is 8.71. The maximum Gasteiger partial charge on any atom is 0.125 e. The van der Waals surface area contributed by atoms with Crippen LogP contribution in [0.4, 0.5) is 0 Å². The van der Waals surface area contributed by atoms with Crippen LogP contribution in [0.15, 0.2) is 66.7 Å². The average molecular weight is 456 g/mol. The molecule has 176 valence electrons. The van der Waals surface area contributed by atoms with Crippen molar-refractivity contribution < 1.29 is 14.6 Å². The summed E-state index contributed by atoms with van der Waals surface area (Å²) in [4.78, 5) is 0. The largest absolute Gasteiger partial charge is 0.497 e. The molecular formula is C30H33NO3. The standard InChI is InChI=1S/C30H33NO3/c1-33-21-11-12-28(34-2)27(17-21)30(32,20-13-15-31-16-14-20)19-29-18-24(22-7-3-5-9-25(22)29)23-8-4-6-10-26(23)29/h3-12,17,20,24,31-32H,13-16,18-19H2,1-2H3. The molecule has 2 N–H and O–H groups in total. The smallest absolute Gasteiger partial charge is 0.125 e. The number of aliphatic hydroxyl groups is 1. The second-order valence-corrected chi connectivity index (χ2v) is 10.2. The Hall–Kier alpha value is -2.82. The number of hydrogen-bond donors (Lipinski definition) is 2. The van der Waals surface area contributed by atoms with E-state index < -0.39 is 5.60 Å². The molecule has 0 saturated carbocycles. The molecule has 1 heterocycles. The normalized spacial score (nSPS) is 24.9. The topological polar surface area (TPSA) is 50.7 Å². The fraction of sp³-hybridized carbons (Fsp3) is 0.400. The summed E-state index contributed by atoms with van der Waals surface area (Å²) >= 11 is 0. The summed E-state index contributed by atoms with van der Waals surface area (Å²) in [6, 6.07) is 23.6. The predicted molar refractivity (Wildman–Crippen MR) is 134 cm³/mol. The van der Waals surface area contributed by atoms with E-state index in [2.05, 4.69) is 53.8 Å². The Labute approximate surface area is 201 Å². The lowest BCUT2D eigenvalue weighted by atomic mass is 9.63. The number of fused-ring (bicyclic) bond motifs is 8. The molecule has 0 radical (unpaired) electrons. The van der Waals surface area contributed by atoms with E-state index in [1.165, 1.54) is 22.3 Å². The molecule has 34 heavy (non-hydrogen) atoms. The number of nitrogens with one attached hydrogen (secondary N) is 1. The second-order valence-electron chi connectivity index (χ2n) is 10.2. The summed E-state index contributed by atoms with van der Waals surface area (Å²) < 4.78 is 11.4. The molecule has 1 unspecified atom stereocenters. The van der Waals surface area contributed by atoms with Crippen molar-refractivity contribution in [1.82, 2.24) is 5.32 Å². The zero-order chi connectivity index (χ0) is 23.3. The fourth-order valence-corrected chi connectivity index (χ4v) is 7.21. The third kappa shape index (κ3) is 3.05. The van der Waals surface area contributed by atoms with Gasteiger partial charge in [0.2, 0.25) is 0 Å².